The van der Waals surface area contributed by atoms with E-state index in [4.69, 9.17) is 4.74 Å². The molecule has 0 fully saturated rings. The van der Waals surface area contributed by atoms with Crippen molar-refractivity contribution in [3.63, 3.8) is 0 Å². The summed E-state index contributed by atoms with van der Waals surface area (Å²) in [5, 5.41) is 0. The van der Waals surface area contributed by atoms with Crippen molar-refractivity contribution in [2.45, 2.75) is 0 Å². The third-order valence-corrected chi connectivity index (χ3v) is 2.83. The first-order valence-electron chi connectivity index (χ1n) is 6.38. The third kappa shape index (κ3) is 5.07. The van der Waals surface area contributed by atoms with Crippen LogP contribution >= 0.6 is 0 Å². The molecule has 3 aromatic rings. The van der Waals surface area contributed by atoms with Crippen LogP contribution in [0.4, 0.5) is 0 Å². The number of hydrogen-bond donors (Lipinski definition) is 0. The van der Waals surface area contributed by atoms with E-state index in [9.17, 15) is 4.79 Å². The van der Waals surface area contributed by atoms with Gasteiger partial charge >= 0.3 is 17.1 Å². The van der Waals surface area contributed by atoms with Gasteiger partial charge in [-0.1, -0.05) is 17.7 Å². The molecule has 0 saturated heterocycles. The maximum atomic E-state index is 11.9. The van der Waals surface area contributed by atoms with Crippen LogP contribution in [-0.4, -0.2) is 12.9 Å². The van der Waals surface area contributed by atoms with E-state index < -0.39 is 0 Å². The van der Waals surface area contributed by atoms with Crippen molar-refractivity contribution in [3.8, 4) is 5.75 Å². The Kier molecular flexibility index (Phi) is 7.24. The predicted molar refractivity (Wildman–Crippen MR) is 80.5 cm³/mol. The minimum atomic E-state index is 0. The molecule has 0 heterocycles. The van der Waals surface area contributed by atoms with E-state index in [1.54, 1.807) is 31.4 Å². The smallest absolute Gasteiger partial charge is 0.497 e. The summed E-state index contributed by atoms with van der Waals surface area (Å²) in [5.41, 5.74) is 1.40. The Balaban J connectivity index is 0.000000313. The molecule has 0 amide bonds. The molecule has 0 saturated carbocycles. The normalized spacial score (nSPS) is 9.00. The SMILES string of the molecule is COc1ccc(C(=O)[c-]2cccc2)cc1.[Fe+2].c1cc[cH-]c1. The van der Waals surface area contributed by atoms with E-state index in [0.29, 0.717) is 5.56 Å². The molecule has 0 aromatic heterocycles. The molecule has 0 aliphatic carbocycles. The molecule has 0 radical (unpaired) electrons. The summed E-state index contributed by atoms with van der Waals surface area (Å²) >= 11 is 0. The van der Waals surface area contributed by atoms with Crippen molar-refractivity contribution < 1.29 is 26.6 Å². The number of ketones is 1. The summed E-state index contributed by atoms with van der Waals surface area (Å²) in [6.45, 7) is 0. The fourth-order valence-corrected chi connectivity index (χ4v) is 1.76. The van der Waals surface area contributed by atoms with E-state index in [1.807, 2.05) is 54.6 Å². The van der Waals surface area contributed by atoms with Crippen LogP contribution in [0, 0.1) is 0 Å². The van der Waals surface area contributed by atoms with Gasteiger partial charge < -0.3 is 9.53 Å². The molecule has 0 aliphatic rings. The molecule has 2 nitrogen and oxygen atoms in total. The first-order valence-corrected chi connectivity index (χ1v) is 6.38. The van der Waals surface area contributed by atoms with Gasteiger partial charge in [-0.3, -0.25) is 0 Å². The second-order valence-electron chi connectivity index (χ2n) is 4.19. The summed E-state index contributed by atoms with van der Waals surface area (Å²) in [5.74, 6) is 0.803. The molecule has 0 unspecified atom stereocenters. The number of hydrogen-bond acceptors (Lipinski definition) is 2. The van der Waals surface area contributed by atoms with Crippen molar-refractivity contribution in [1.82, 2.24) is 0 Å². The maximum Gasteiger partial charge on any atom is 2.00 e. The zero-order valence-corrected chi connectivity index (χ0v) is 12.8. The van der Waals surface area contributed by atoms with Gasteiger partial charge in [-0.2, -0.15) is 30.3 Å². The summed E-state index contributed by atoms with van der Waals surface area (Å²) in [4.78, 5) is 11.9. The molecule has 0 bridgehead atoms. The summed E-state index contributed by atoms with van der Waals surface area (Å²) in [6, 6.07) is 24.5. The standard InChI is InChI=1S/C13H11O2.C5H5.Fe/c1-15-12-8-6-11(7-9-12)13(14)10-4-2-3-5-10;1-2-4-5-3-1;/h2-9H,1H3;1-5H;/q2*-1;+2. The van der Waals surface area contributed by atoms with Crippen LogP contribution in [0.3, 0.4) is 0 Å². The molecular weight excluding hydrogens is 304 g/mol. The zero-order valence-electron chi connectivity index (χ0n) is 11.7. The van der Waals surface area contributed by atoms with E-state index in [2.05, 4.69) is 0 Å². The van der Waals surface area contributed by atoms with Gasteiger partial charge in [0.2, 0.25) is 0 Å². The van der Waals surface area contributed by atoms with Crippen molar-refractivity contribution in [3.05, 3.63) is 90.0 Å². The molecular formula is C18H16FeO2. The molecule has 0 aliphatic heterocycles. The molecule has 3 heteroatoms. The maximum absolute atomic E-state index is 11.9. The molecule has 3 rings (SSSR count). The van der Waals surface area contributed by atoms with Crippen LogP contribution < -0.4 is 4.74 Å². The molecule has 0 atom stereocenters. The first-order chi connectivity index (χ1) is 9.81. The monoisotopic (exact) mass is 320 g/mol. The third-order valence-electron chi connectivity index (χ3n) is 2.83. The van der Waals surface area contributed by atoms with E-state index >= 15 is 0 Å². The number of methoxy groups -OCH3 is 1. The Bertz CT molecular complexity index is 591. The second kappa shape index (κ2) is 8.96. The van der Waals surface area contributed by atoms with Gasteiger partial charge in [0.05, 0.1) is 7.11 Å². The van der Waals surface area contributed by atoms with Crippen LogP contribution in [0.2, 0.25) is 0 Å². The minimum absolute atomic E-state index is 0. The summed E-state index contributed by atoms with van der Waals surface area (Å²) in [6.07, 6.45) is 0. The van der Waals surface area contributed by atoms with Crippen molar-refractivity contribution in [2.75, 3.05) is 7.11 Å². The van der Waals surface area contributed by atoms with E-state index in [0.717, 1.165) is 11.3 Å². The predicted octanol–water partition coefficient (Wildman–Crippen LogP) is 4.05. The van der Waals surface area contributed by atoms with Crippen LogP contribution in [-0.2, 0) is 17.1 Å². The van der Waals surface area contributed by atoms with Crippen molar-refractivity contribution >= 4 is 5.78 Å². The number of benzene rings is 1. The zero-order chi connectivity index (χ0) is 14.2. The Morgan fingerprint density at radius 2 is 1.57 bits per heavy atom. The average molecular weight is 320 g/mol. The van der Waals surface area contributed by atoms with E-state index in [-0.39, 0.29) is 22.9 Å². The van der Waals surface area contributed by atoms with Gasteiger partial charge in [-0.25, -0.2) is 12.1 Å². The van der Waals surface area contributed by atoms with Gasteiger partial charge in [0.1, 0.15) is 11.5 Å². The van der Waals surface area contributed by atoms with Gasteiger partial charge in [-0.15, -0.1) is 12.1 Å². The molecule has 21 heavy (non-hydrogen) atoms. The topological polar surface area (TPSA) is 26.3 Å². The Morgan fingerprint density at radius 3 is 2.00 bits per heavy atom. The number of ether oxygens (including phenoxy) is 1. The first kappa shape index (κ1) is 17.0. The fraction of sp³-hybridized carbons (Fsp3) is 0.0556. The minimum Gasteiger partial charge on any atom is -0.497 e. The Hall–Kier alpha value is -2.09. The second-order valence-corrected chi connectivity index (χ2v) is 4.19. The van der Waals surface area contributed by atoms with Crippen LogP contribution in [0.5, 0.6) is 5.75 Å². The quantitative estimate of drug-likeness (QED) is 0.413. The molecule has 108 valence electrons. The van der Waals surface area contributed by atoms with Crippen LogP contribution in [0.25, 0.3) is 0 Å². The molecule has 0 N–H and O–H groups in total. The summed E-state index contributed by atoms with van der Waals surface area (Å²) < 4.78 is 5.03. The van der Waals surface area contributed by atoms with E-state index in [1.165, 1.54) is 0 Å². The van der Waals surface area contributed by atoms with Crippen LogP contribution in [0.15, 0.2) is 78.9 Å². The van der Waals surface area contributed by atoms with Crippen molar-refractivity contribution in [1.29, 1.82) is 0 Å². The van der Waals surface area contributed by atoms with Gasteiger partial charge in [0, 0.05) is 0 Å². The molecule has 0 spiro atoms. The largest absolute Gasteiger partial charge is 2.00 e. The molecule has 3 aromatic carbocycles. The average Bonchev–Trinajstić information content (AvgIpc) is 3.21. The number of carbonyl (C=O) groups is 1. The van der Waals surface area contributed by atoms with Crippen molar-refractivity contribution in [2.24, 2.45) is 0 Å². The summed E-state index contributed by atoms with van der Waals surface area (Å²) in [7, 11) is 1.61. The Labute approximate surface area is 135 Å². The van der Waals surface area contributed by atoms with Gasteiger partial charge in [-0.05, 0) is 17.7 Å². The van der Waals surface area contributed by atoms with Crippen LogP contribution in [0.1, 0.15) is 15.9 Å². The van der Waals surface area contributed by atoms with Gasteiger partial charge in [0.15, 0.2) is 0 Å². The van der Waals surface area contributed by atoms with Gasteiger partial charge in [0.25, 0.3) is 0 Å². The fourth-order valence-electron chi connectivity index (χ4n) is 1.76. The Morgan fingerprint density at radius 1 is 1.00 bits per heavy atom. The number of rotatable bonds is 3. The number of carbonyl (C=O) groups excluding carboxylic acids is 1.